The van der Waals surface area contributed by atoms with Crippen molar-refractivity contribution in [3.63, 3.8) is 0 Å². The zero-order valence-electron chi connectivity index (χ0n) is 16.4. The maximum Gasteiger partial charge on any atom is 0.170 e. The summed E-state index contributed by atoms with van der Waals surface area (Å²) in [5, 5.41) is 19.2. The highest BCUT2D eigenvalue weighted by molar-refractivity contribution is 5.80. The Morgan fingerprint density at radius 3 is 2.62 bits per heavy atom. The third kappa shape index (κ3) is 4.21. The molecule has 2 aromatic carbocycles. The third-order valence-electron chi connectivity index (χ3n) is 5.63. The van der Waals surface area contributed by atoms with Crippen LogP contribution in [0.2, 0.25) is 0 Å². The highest BCUT2D eigenvalue weighted by Gasteiger charge is 2.40. The van der Waals surface area contributed by atoms with Crippen LogP contribution in [0.5, 0.6) is 11.5 Å². The van der Waals surface area contributed by atoms with Crippen molar-refractivity contribution < 1.29 is 23.5 Å². The average molecular weight is 400 g/mol. The van der Waals surface area contributed by atoms with Gasteiger partial charge in [0.2, 0.25) is 0 Å². The summed E-state index contributed by atoms with van der Waals surface area (Å²) in [6.07, 6.45) is 1.43. The Balaban J connectivity index is 1.51. The molecular weight excluding hydrogens is 375 g/mol. The predicted molar refractivity (Wildman–Crippen MR) is 107 cm³/mol. The number of piperidine rings is 1. The Hall–Kier alpha value is -2.64. The summed E-state index contributed by atoms with van der Waals surface area (Å²) >= 11 is 0. The summed E-state index contributed by atoms with van der Waals surface area (Å²) < 4.78 is 29.8. The van der Waals surface area contributed by atoms with E-state index < -0.39 is 6.10 Å². The van der Waals surface area contributed by atoms with Crippen LogP contribution < -0.4 is 14.8 Å². The lowest BCUT2D eigenvalue weighted by molar-refractivity contribution is 0.0671. The van der Waals surface area contributed by atoms with Crippen LogP contribution in [0.4, 0.5) is 4.39 Å². The number of halogens is 1. The van der Waals surface area contributed by atoms with Gasteiger partial charge in [-0.3, -0.25) is 0 Å². The Morgan fingerprint density at radius 1 is 1.17 bits per heavy atom. The number of hydrogen-bond acceptors (Lipinski definition) is 6. The van der Waals surface area contributed by atoms with Crippen LogP contribution in [0.15, 0.2) is 47.0 Å². The lowest BCUT2D eigenvalue weighted by Gasteiger charge is -2.37. The highest BCUT2D eigenvalue weighted by atomic mass is 19.1. The maximum absolute atomic E-state index is 13.5. The second-order valence-electron chi connectivity index (χ2n) is 7.55. The first kappa shape index (κ1) is 19.7. The largest absolute Gasteiger partial charge is 0.497 e. The summed E-state index contributed by atoms with van der Waals surface area (Å²) in [6.45, 7) is 1.81. The number of benzene rings is 2. The molecule has 0 aliphatic carbocycles. The molecule has 6 nitrogen and oxygen atoms in total. The zero-order valence-corrected chi connectivity index (χ0v) is 16.4. The minimum absolute atomic E-state index is 0.173. The van der Waals surface area contributed by atoms with Gasteiger partial charge in [0.25, 0.3) is 0 Å². The van der Waals surface area contributed by atoms with E-state index in [1.165, 1.54) is 12.1 Å². The number of aromatic nitrogens is 1. The molecule has 1 aliphatic rings. The van der Waals surface area contributed by atoms with Gasteiger partial charge in [-0.1, -0.05) is 5.16 Å². The molecule has 2 heterocycles. The van der Waals surface area contributed by atoms with Crippen LogP contribution in [-0.4, -0.2) is 43.2 Å². The molecule has 1 saturated heterocycles. The van der Waals surface area contributed by atoms with E-state index in [0.717, 1.165) is 42.8 Å². The van der Waals surface area contributed by atoms with E-state index in [9.17, 15) is 9.50 Å². The van der Waals surface area contributed by atoms with Crippen molar-refractivity contribution in [3.05, 3.63) is 54.0 Å². The summed E-state index contributed by atoms with van der Waals surface area (Å²) in [4.78, 5) is 0. The number of nitrogens with one attached hydrogen (secondary N) is 1. The molecule has 7 heteroatoms. The number of fused-ring (bicyclic) bond motifs is 1. The molecule has 1 unspecified atom stereocenters. The predicted octanol–water partition coefficient (Wildman–Crippen LogP) is 3.43. The molecule has 4 rings (SSSR count). The monoisotopic (exact) mass is 400 g/mol. The number of aliphatic hydroxyl groups is 1. The Bertz CT molecular complexity index is 951. The molecule has 0 radical (unpaired) electrons. The van der Waals surface area contributed by atoms with Gasteiger partial charge in [-0.15, -0.1) is 0 Å². The van der Waals surface area contributed by atoms with Crippen LogP contribution in [0, 0.1) is 5.82 Å². The standard InChI is InChI=1S/C22H25FN2O4/c1-27-17-3-5-18(6-4-17)28-14-16(26)13-22(8-10-24-11-9-22)21-19-7-2-15(23)12-20(19)29-25-21/h2-7,12,16,24,26H,8-11,13-14H2,1H3. The molecule has 1 fully saturated rings. The quantitative estimate of drug-likeness (QED) is 0.633. The van der Waals surface area contributed by atoms with Crippen molar-refractivity contribution in [3.8, 4) is 11.5 Å². The van der Waals surface area contributed by atoms with Crippen molar-refractivity contribution in [2.24, 2.45) is 0 Å². The van der Waals surface area contributed by atoms with E-state index in [-0.39, 0.29) is 17.8 Å². The lowest BCUT2D eigenvalue weighted by atomic mass is 9.71. The van der Waals surface area contributed by atoms with Crippen molar-refractivity contribution in [2.45, 2.75) is 30.8 Å². The molecule has 0 bridgehead atoms. The van der Waals surface area contributed by atoms with Gasteiger partial charge in [0.05, 0.1) is 18.9 Å². The van der Waals surface area contributed by atoms with E-state index in [2.05, 4.69) is 10.5 Å². The minimum atomic E-state index is -0.678. The number of methoxy groups -OCH3 is 1. The second-order valence-corrected chi connectivity index (χ2v) is 7.55. The number of hydrogen-bond donors (Lipinski definition) is 2. The fourth-order valence-corrected chi connectivity index (χ4v) is 4.11. The van der Waals surface area contributed by atoms with Crippen molar-refractivity contribution in [1.29, 1.82) is 0 Å². The number of aliphatic hydroxyl groups excluding tert-OH is 1. The van der Waals surface area contributed by atoms with Gasteiger partial charge in [-0.25, -0.2) is 4.39 Å². The van der Waals surface area contributed by atoms with E-state index in [1.807, 2.05) is 24.3 Å². The summed E-state index contributed by atoms with van der Waals surface area (Å²) in [5.74, 6) is 1.07. The first-order valence-electron chi connectivity index (χ1n) is 9.81. The first-order valence-corrected chi connectivity index (χ1v) is 9.81. The van der Waals surface area contributed by atoms with Crippen LogP contribution in [-0.2, 0) is 5.41 Å². The molecule has 154 valence electrons. The fourth-order valence-electron chi connectivity index (χ4n) is 4.11. The summed E-state index contributed by atoms with van der Waals surface area (Å²) in [6, 6.07) is 11.7. The second kappa shape index (κ2) is 8.39. The van der Waals surface area contributed by atoms with Crippen molar-refractivity contribution in [2.75, 3.05) is 26.8 Å². The molecule has 2 N–H and O–H groups in total. The Kier molecular flexibility index (Phi) is 5.69. The molecule has 1 atom stereocenters. The molecule has 1 aliphatic heterocycles. The topological polar surface area (TPSA) is 76.8 Å². The van der Waals surface area contributed by atoms with Gasteiger partial charge in [-0.2, -0.15) is 0 Å². The van der Waals surface area contributed by atoms with Gasteiger partial charge in [0.1, 0.15) is 23.9 Å². The van der Waals surface area contributed by atoms with Crippen LogP contribution in [0.25, 0.3) is 11.0 Å². The van der Waals surface area contributed by atoms with Gasteiger partial charge in [0.15, 0.2) is 5.58 Å². The molecule has 0 spiro atoms. The van der Waals surface area contributed by atoms with Crippen LogP contribution in [0.1, 0.15) is 25.0 Å². The molecule has 1 aromatic heterocycles. The highest BCUT2D eigenvalue weighted by Crippen LogP contribution is 2.41. The first-order chi connectivity index (χ1) is 14.1. The van der Waals surface area contributed by atoms with Crippen molar-refractivity contribution >= 4 is 11.0 Å². The van der Waals surface area contributed by atoms with E-state index >= 15 is 0 Å². The molecular formula is C22H25FN2O4. The molecule has 3 aromatic rings. The molecule has 29 heavy (non-hydrogen) atoms. The summed E-state index contributed by atoms with van der Waals surface area (Å²) in [5.41, 5.74) is 0.871. The lowest BCUT2D eigenvalue weighted by Crippen LogP contribution is -2.43. The van der Waals surface area contributed by atoms with Gasteiger partial charge >= 0.3 is 0 Å². The van der Waals surface area contributed by atoms with Gasteiger partial charge in [-0.05, 0) is 68.8 Å². The third-order valence-corrected chi connectivity index (χ3v) is 5.63. The smallest absolute Gasteiger partial charge is 0.170 e. The minimum Gasteiger partial charge on any atom is -0.497 e. The Morgan fingerprint density at radius 2 is 1.90 bits per heavy atom. The SMILES string of the molecule is COc1ccc(OCC(O)CC2(c3noc4cc(F)ccc34)CCNCC2)cc1. The molecule has 0 amide bonds. The average Bonchev–Trinajstić information content (AvgIpc) is 3.17. The number of rotatable bonds is 7. The van der Waals surface area contributed by atoms with E-state index in [1.54, 1.807) is 13.2 Å². The van der Waals surface area contributed by atoms with Crippen molar-refractivity contribution in [1.82, 2.24) is 10.5 Å². The summed E-state index contributed by atoms with van der Waals surface area (Å²) in [7, 11) is 1.61. The van der Waals surface area contributed by atoms with Crippen LogP contribution in [0.3, 0.4) is 0 Å². The van der Waals surface area contributed by atoms with Gasteiger partial charge in [0, 0.05) is 16.9 Å². The zero-order chi connectivity index (χ0) is 20.3. The normalized spacial score (nSPS) is 17.2. The number of nitrogens with zero attached hydrogens (tertiary/aromatic N) is 1. The van der Waals surface area contributed by atoms with Crippen LogP contribution >= 0.6 is 0 Å². The molecule has 0 saturated carbocycles. The number of ether oxygens (including phenoxy) is 2. The Labute approximate surface area is 168 Å². The van der Waals surface area contributed by atoms with E-state index in [0.29, 0.717) is 17.8 Å². The van der Waals surface area contributed by atoms with E-state index in [4.69, 9.17) is 14.0 Å². The fraction of sp³-hybridized carbons (Fsp3) is 0.409. The van der Waals surface area contributed by atoms with Gasteiger partial charge < -0.3 is 24.4 Å². The maximum atomic E-state index is 13.5.